The molecule has 3 N–H and O–H groups in total. The standard InChI is InChI=1S/C8H5N3O4/c9-3-4-1-5(8(12)13)6(10)2-7(4)11(14)15/h1-2H,10H2,(H,12,13). The average Bonchev–Trinajstić information content (AvgIpc) is 2.16. The number of nitro benzene ring substituents is 1. The number of benzene rings is 1. The minimum Gasteiger partial charge on any atom is -0.478 e. The van der Waals surface area contributed by atoms with Crippen LogP contribution in [0, 0.1) is 21.4 Å². The second-order valence-electron chi connectivity index (χ2n) is 2.63. The molecular formula is C8H5N3O4. The largest absolute Gasteiger partial charge is 0.478 e. The van der Waals surface area contributed by atoms with Gasteiger partial charge in [-0.15, -0.1) is 0 Å². The highest BCUT2D eigenvalue weighted by atomic mass is 16.6. The van der Waals surface area contributed by atoms with E-state index in [1.165, 1.54) is 6.07 Å². The van der Waals surface area contributed by atoms with Gasteiger partial charge in [-0.05, 0) is 6.07 Å². The third kappa shape index (κ3) is 1.83. The molecular weight excluding hydrogens is 202 g/mol. The molecule has 0 aliphatic carbocycles. The van der Waals surface area contributed by atoms with Crippen LogP contribution in [0.1, 0.15) is 15.9 Å². The number of hydrogen-bond donors (Lipinski definition) is 2. The number of nitro groups is 1. The molecule has 0 saturated heterocycles. The molecule has 0 radical (unpaired) electrons. The van der Waals surface area contributed by atoms with Gasteiger partial charge in [0, 0.05) is 6.07 Å². The Morgan fingerprint density at radius 3 is 2.60 bits per heavy atom. The molecule has 0 unspecified atom stereocenters. The molecule has 76 valence electrons. The number of nitrogens with zero attached hydrogens (tertiary/aromatic N) is 2. The highest BCUT2D eigenvalue weighted by molar-refractivity contribution is 5.95. The van der Waals surface area contributed by atoms with Crippen molar-refractivity contribution in [3.05, 3.63) is 33.4 Å². The molecule has 1 aromatic carbocycles. The van der Waals surface area contributed by atoms with Gasteiger partial charge in [0.2, 0.25) is 0 Å². The fourth-order valence-corrected chi connectivity index (χ4v) is 1.03. The lowest BCUT2D eigenvalue weighted by Crippen LogP contribution is -2.05. The number of carbonyl (C=O) groups is 1. The third-order valence-electron chi connectivity index (χ3n) is 1.72. The van der Waals surface area contributed by atoms with E-state index in [0.29, 0.717) is 0 Å². The van der Waals surface area contributed by atoms with Crippen molar-refractivity contribution < 1.29 is 14.8 Å². The predicted molar refractivity (Wildman–Crippen MR) is 49.2 cm³/mol. The van der Waals surface area contributed by atoms with Gasteiger partial charge >= 0.3 is 5.97 Å². The Labute approximate surface area is 83.5 Å². The smallest absolute Gasteiger partial charge is 0.337 e. The Morgan fingerprint density at radius 1 is 1.60 bits per heavy atom. The predicted octanol–water partition coefficient (Wildman–Crippen LogP) is 0.747. The van der Waals surface area contributed by atoms with E-state index >= 15 is 0 Å². The average molecular weight is 207 g/mol. The van der Waals surface area contributed by atoms with Crippen LogP contribution in [0.2, 0.25) is 0 Å². The van der Waals surface area contributed by atoms with Crippen molar-refractivity contribution in [1.29, 1.82) is 5.26 Å². The fraction of sp³-hybridized carbons (Fsp3) is 0. The lowest BCUT2D eigenvalue weighted by Gasteiger charge is -2.01. The van der Waals surface area contributed by atoms with E-state index in [1.807, 2.05) is 0 Å². The van der Waals surface area contributed by atoms with Crippen molar-refractivity contribution in [3.63, 3.8) is 0 Å². The molecule has 15 heavy (non-hydrogen) atoms. The number of hydrogen-bond acceptors (Lipinski definition) is 5. The van der Waals surface area contributed by atoms with Gasteiger partial charge in [-0.1, -0.05) is 0 Å². The van der Waals surface area contributed by atoms with Crippen LogP contribution in [0.15, 0.2) is 12.1 Å². The first-order valence-electron chi connectivity index (χ1n) is 3.68. The number of nitrogen functional groups attached to an aromatic ring is 1. The first kappa shape index (κ1) is 10.5. The summed E-state index contributed by atoms with van der Waals surface area (Å²) in [6.45, 7) is 0. The third-order valence-corrected chi connectivity index (χ3v) is 1.72. The van der Waals surface area contributed by atoms with E-state index in [0.717, 1.165) is 12.1 Å². The molecule has 7 heteroatoms. The highest BCUT2D eigenvalue weighted by Crippen LogP contribution is 2.24. The fourth-order valence-electron chi connectivity index (χ4n) is 1.03. The lowest BCUT2D eigenvalue weighted by atomic mass is 10.1. The van der Waals surface area contributed by atoms with Crippen LogP contribution in [0.4, 0.5) is 11.4 Å². The molecule has 0 saturated carbocycles. The quantitative estimate of drug-likeness (QED) is 0.418. The Morgan fingerprint density at radius 2 is 2.20 bits per heavy atom. The summed E-state index contributed by atoms with van der Waals surface area (Å²) in [5.74, 6) is -1.33. The summed E-state index contributed by atoms with van der Waals surface area (Å²) in [7, 11) is 0. The Kier molecular flexibility index (Phi) is 2.53. The summed E-state index contributed by atoms with van der Waals surface area (Å²) in [6.07, 6.45) is 0. The number of aromatic carboxylic acids is 1. The van der Waals surface area contributed by atoms with Gasteiger partial charge in [-0.3, -0.25) is 10.1 Å². The van der Waals surface area contributed by atoms with Crippen molar-refractivity contribution >= 4 is 17.3 Å². The highest BCUT2D eigenvalue weighted by Gasteiger charge is 2.19. The van der Waals surface area contributed by atoms with Crippen LogP contribution < -0.4 is 5.73 Å². The number of nitriles is 1. The minimum absolute atomic E-state index is 0.242. The van der Waals surface area contributed by atoms with E-state index in [-0.39, 0.29) is 16.8 Å². The van der Waals surface area contributed by atoms with E-state index < -0.39 is 16.6 Å². The zero-order valence-electron chi connectivity index (χ0n) is 7.30. The summed E-state index contributed by atoms with van der Waals surface area (Å²) in [6, 6.07) is 3.29. The van der Waals surface area contributed by atoms with Crippen molar-refractivity contribution in [3.8, 4) is 6.07 Å². The van der Waals surface area contributed by atoms with Crippen molar-refractivity contribution in [2.45, 2.75) is 0 Å². The molecule has 0 aliphatic rings. The zero-order valence-corrected chi connectivity index (χ0v) is 7.30. The van der Waals surface area contributed by atoms with E-state index in [4.69, 9.17) is 16.1 Å². The van der Waals surface area contributed by atoms with Gasteiger partial charge < -0.3 is 10.8 Å². The minimum atomic E-state index is -1.33. The van der Waals surface area contributed by atoms with Gasteiger partial charge in [-0.25, -0.2) is 4.79 Å². The van der Waals surface area contributed by atoms with Gasteiger partial charge in [0.25, 0.3) is 5.69 Å². The summed E-state index contributed by atoms with van der Waals surface area (Å²) >= 11 is 0. The Bertz CT molecular complexity index is 489. The summed E-state index contributed by atoms with van der Waals surface area (Å²) < 4.78 is 0. The maximum absolute atomic E-state index is 10.6. The summed E-state index contributed by atoms with van der Waals surface area (Å²) in [5, 5.41) is 27.7. The molecule has 0 amide bonds. The van der Waals surface area contributed by atoms with Gasteiger partial charge in [0.15, 0.2) is 0 Å². The van der Waals surface area contributed by atoms with Crippen LogP contribution >= 0.6 is 0 Å². The topological polar surface area (TPSA) is 130 Å². The Balaban J connectivity index is 3.51. The second kappa shape index (κ2) is 3.63. The molecule has 7 nitrogen and oxygen atoms in total. The van der Waals surface area contributed by atoms with Crippen LogP contribution in [-0.2, 0) is 0 Å². The Hall–Kier alpha value is -2.62. The van der Waals surface area contributed by atoms with Crippen molar-refractivity contribution in [2.24, 2.45) is 0 Å². The first-order valence-corrected chi connectivity index (χ1v) is 3.68. The summed E-state index contributed by atoms with van der Waals surface area (Å²) in [5.41, 5.74) is 3.90. The molecule has 0 spiro atoms. The lowest BCUT2D eigenvalue weighted by molar-refractivity contribution is -0.385. The van der Waals surface area contributed by atoms with Crippen LogP contribution in [0.25, 0.3) is 0 Å². The number of carboxylic acids is 1. The molecule has 0 fully saturated rings. The van der Waals surface area contributed by atoms with E-state index in [9.17, 15) is 14.9 Å². The molecule has 1 rings (SSSR count). The zero-order chi connectivity index (χ0) is 11.6. The molecule has 0 bridgehead atoms. The van der Waals surface area contributed by atoms with Crippen LogP contribution in [0.5, 0.6) is 0 Å². The maximum Gasteiger partial charge on any atom is 0.337 e. The normalized spacial score (nSPS) is 9.27. The SMILES string of the molecule is N#Cc1cc(C(=O)O)c(N)cc1[N+](=O)[O-]. The van der Waals surface area contributed by atoms with E-state index in [1.54, 1.807) is 0 Å². The molecule has 1 aromatic rings. The van der Waals surface area contributed by atoms with Crippen LogP contribution in [-0.4, -0.2) is 16.0 Å². The number of carboxylic acid groups (broad SMARTS) is 1. The first-order chi connectivity index (χ1) is 6.97. The number of rotatable bonds is 2. The van der Waals surface area contributed by atoms with E-state index in [2.05, 4.69) is 0 Å². The molecule has 0 heterocycles. The van der Waals surface area contributed by atoms with Gasteiger partial charge in [0.1, 0.15) is 11.6 Å². The van der Waals surface area contributed by atoms with Crippen molar-refractivity contribution in [1.82, 2.24) is 0 Å². The number of anilines is 1. The second-order valence-corrected chi connectivity index (χ2v) is 2.63. The molecule has 0 aromatic heterocycles. The monoisotopic (exact) mass is 207 g/mol. The molecule has 0 atom stereocenters. The van der Waals surface area contributed by atoms with Gasteiger partial charge in [-0.2, -0.15) is 5.26 Å². The summed E-state index contributed by atoms with van der Waals surface area (Å²) in [4.78, 5) is 20.3. The number of nitrogens with two attached hydrogens (primary N) is 1. The maximum atomic E-state index is 10.6. The van der Waals surface area contributed by atoms with Crippen LogP contribution in [0.3, 0.4) is 0 Å². The molecule has 0 aliphatic heterocycles. The van der Waals surface area contributed by atoms with Crippen molar-refractivity contribution in [2.75, 3.05) is 5.73 Å². The van der Waals surface area contributed by atoms with Gasteiger partial charge in [0.05, 0.1) is 16.2 Å².